The maximum Gasteiger partial charge on any atom is 0.307 e. The van der Waals surface area contributed by atoms with Gasteiger partial charge in [-0.2, -0.15) is 0 Å². The van der Waals surface area contributed by atoms with Gasteiger partial charge in [-0.05, 0) is 57.5 Å². The van der Waals surface area contributed by atoms with Crippen LogP contribution in [0.5, 0.6) is 5.75 Å². The molecule has 0 saturated heterocycles. The van der Waals surface area contributed by atoms with E-state index in [-0.39, 0.29) is 12.3 Å². The summed E-state index contributed by atoms with van der Waals surface area (Å²) in [5.41, 5.74) is 1.07. The Hall–Kier alpha value is -1.59. The fourth-order valence-electron chi connectivity index (χ4n) is 3.64. The molecular formula is C20H31NO4. The minimum absolute atomic E-state index is 0.0141. The maximum atomic E-state index is 10.9. The van der Waals surface area contributed by atoms with Crippen molar-refractivity contribution in [1.29, 1.82) is 0 Å². The predicted octanol–water partition coefficient (Wildman–Crippen LogP) is 3.05. The summed E-state index contributed by atoms with van der Waals surface area (Å²) < 4.78 is 5.73. The van der Waals surface area contributed by atoms with E-state index in [1.807, 2.05) is 19.1 Å². The second-order valence-electron chi connectivity index (χ2n) is 7.28. The molecule has 0 fully saturated rings. The fraction of sp³-hybridized carbons (Fsp3) is 0.650. The Morgan fingerprint density at radius 3 is 2.72 bits per heavy atom. The Morgan fingerprint density at radius 2 is 2.08 bits per heavy atom. The van der Waals surface area contributed by atoms with Crippen LogP contribution in [0.15, 0.2) is 18.2 Å². The molecule has 1 aromatic rings. The molecule has 2 N–H and O–H groups in total. The van der Waals surface area contributed by atoms with Crippen LogP contribution in [0.25, 0.3) is 0 Å². The number of fused-ring (bicyclic) bond motifs is 1. The van der Waals surface area contributed by atoms with Gasteiger partial charge in [-0.3, -0.25) is 4.79 Å². The first kappa shape index (κ1) is 19.7. The average Bonchev–Trinajstić information content (AvgIpc) is 2.93. The molecule has 1 heterocycles. The molecule has 25 heavy (non-hydrogen) atoms. The Bertz CT molecular complexity index is 581. The van der Waals surface area contributed by atoms with E-state index in [1.54, 1.807) is 6.07 Å². The van der Waals surface area contributed by atoms with Crippen molar-refractivity contribution in [2.45, 2.75) is 58.0 Å². The topological polar surface area (TPSA) is 70.0 Å². The van der Waals surface area contributed by atoms with Crippen LogP contribution in [0.2, 0.25) is 0 Å². The van der Waals surface area contributed by atoms with Crippen LogP contribution >= 0.6 is 0 Å². The smallest absolute Gasteiger partial charge is 0.307 e. The number of hydrogen-bond acceptors (Lipinski definition) is 4. The fourth-order valence-corrected chi connectivity index (χ4v) is 3.64. The molecule has 5 nitrogen and oxygen atoms in total. The van der Waals surface area contributed by atoms with Gasteiger partial charge in [0.1, 0.15) is 5.75 Å². The minimum atomic E-state index is -0.834. The summed E-state index contributed by atoms with van der Waals surface area (Å²) >= 11 is 0. The highest BCUT2D eigenvalue weighted by Crippen LogP contribution is 2.40. The lowest BCUT2D eigenvalue weighted by Gasteiger charge is -2.27. The molecule has 0 amide bonds. The summed E-state index contributed by atoms with van der Waals surface area (Å²) in [7, 11) is 0. The molecule has 0 spiro atoms. The van der Waals surface area contributed by atoms with Gasteiger partial charge in [0.2, 0.25) is 0 Å². The Kier molecular flexibility index (Phi) is 6.85. The van der Waals surface area contributed by atoms with Crippen molar-refractivity contribution in [3.8, 4) is 5.75 Å². The number of carboxylic acids is 1. The van der Waals surface area contributed by atoms with Crippen LogP contribution in [-0.2, 0) is 11.2 Å². The molecule has 0 aliphatic carbocycles. The van der Waals surface area contributed by atoms with Crippen molar-refractivity contribution < 1.29 is 19.7 Å². The molecule has 0 aromatic heterocycles. The van der Waals surface area contributed by atoms with E-state index in [4.69, 9.17) is 9.84 Å². The zero-order valence-corrected chi connectivity index (χ0v) is 15.6. The van der Waals surface area contributed by atoms with Gasteiger partial charge in [-0.15, -0.1) is 0 Å². The number of aliphatic carboxylic acids is 1. The van der Waals surface area contributed by atoms with Crippen molar-refractivity contribution in [3.63, 3.8) is 0 Å². The first-order valence-electron chi connectivity index (χ1n) is 9.26. The Morgan fingerprint density at radius 1 is 1.36 bits per heavy atom. The summed E-state index contributed by atoms with van der Waals surface area (Å²) in [5, 5.41) is 19.8. The number of carbonyl (C=O) groups is 1. The third kappa shape index (κ3) is 5.72. The maximum absolute atomic E-state index is 10.9. The van der Waals surface area contributed by atoms with Crippen LogP contribution in [0.1, 0.15) is 57.1 Å². The minimum Gasteiger partial charge on any atom is -0.493 e. The number of nitrogens with zero attached hydrogens (tertiary/aromatic N) is 1. The van der Waals surface area contributed by atoms with E-state index >= 15 is 0 Å². The number of aliphatic hydroxyl groups is 1. The van der Waals surface area contributed by atoms with E-state index < -0.39 is 11.6 Å². The van der Waals surface area contributed by atoms with Gasteiger partial charge < -0.3 is 19.8 Å². The normalized spacial score (nSPS) is 18.7. The van der Waals surface area contributed by atoms with Gasteiger partial charge in [0.25, 0.3) is 0 Å². The first-order valence-corrected chi connectivity index (χ1v) is 9.26. The van der Waals surface area contributed by atoms with E-state index in [9.17, 15) is 9.90 Å². The van der Waals surface area contributed by atoms with Gasteiger partial charge in [0.05, 0.1) is 18.6 Å². The molecule has 1 aromatic carbocycles. The van der Waals surface area contributed by atoms with Crippen LogP contribution in [0.4, 0.5) is 0 Å². The van der Waals surface area contributed by atoms with E-state index in [0.29, 0.717) is 13.0 Å². The van der Waals surface area contributed by atoms with Gasteiger partial charge in [-0.25, -0.2) is 0 Å². The Balaban J connectivity index is 1.96. The summed E-state index contributed by atoms with van der Waals surface area (Å²) in [4.78, 5) is 13.3. The standard InChI is InChI=1S/C20H31NO4/c1-4-21(5-2)10-6-9-20(3,24)13-16-14-25-18-8-7-15(11-17(16)18)12-19(22)23/h7-8,11,16,24H,4-6,9-10,12-14H2,1-3H3,(H,22,23). The van der Waals surface area contributed by atoms with Crippen LogP contribution in [0.3, 0.4) is 0 Å². The lowest BCUT2D eigenvalue weighted by molar-refractivity contribution is -0.136. The molecule has 2 rings (SSSR count). The Labute approximate surface area is 150 Å². The number of benzene rings is 1. The lowest BCUT2D eigenvalue weighted by atomic mass is 9.85. The van der Waals surface area contributed by atoms with Crippen LogP contribution in [0, 0.1) is 0 Å². The molecule has 1 aliphatic rings. The number of carboxylic acid groups (broad SMARTS) is 1. The highest BCUT2D eigenvalue weighted by atomic mass is 16.5. The second kappa shape index (κ2) is 8.68. The third-order valence-electron chi connectivity index (χ3n) is 5.08. The van der Waals surface area contributed by atoms with Crippen molar-refractivity contribution in [1.82, 2.24) is 4.90 Å². The highest BCUT2D eigenvalue weighted by molar-refractivity contribution is 5.70. The van der Waals surface area contributed by atoms with Crippen molar-refractivity contribution in [3.05, 3.63) is 29.3 Å². The predicted molar refractivity (Wildman–Crippen MR) is 98.3 cm³/mol. The third-order valence-corrected chi connectivity index (χ3v) is 5.08. The van der Waals surface area contributed by atoms with Crippen molar-refractivity contribution in [2.24, 2.45) is 0 Å². The lowest BCUT2D eigenvalue weighted by Crippen LogP contribution is -2.30. The molecule has 140 valence electrons. The molecule has 1 aliphatic heterocycles. The zero-order chi connectivity index (χ0) is 18.4. The van der Waals surface area contributed by atoms with E-state index in [2.05, 4.69) is 18.7 Å². The average molecular weight is 349 g/mol. The summed E-state index contributed by atoms with van der Waals surface area (Å²) in [5.74, 6) is 0.101. The number of ether oxygens (including phenoxy) is 1. The molecular weight excluding hydrogens is 318 g/mol. The SMILES string of the molecule is CCN(CC)CCCC(C)(O)CC1COc2ccc(CC(=O)O)cc21. The quantitative estimate of drug-likeness (QED) is 0.679. The van der Waals surface area contributed by atoms with Crippen molar-refractivity contribution >= 4 is 5.97 Å². The number of hydrogen-bond donors (Lipinski definition) is 2. The number of rotatable bonds is 10. The largest absolute Gasteiger partial charge is 0.493 e. The van der Waals surface area contributed by atoms with Crippen LogP contribution < -0.4 is 4.74 Å². The van der Waals surface area contributed by atoms with Crippen LogP contribution in [-0.4, -0.2) is 52.9 Å². The molecule has 2 atom stereocenters. The summed E-state index contributed by atoms with van der Waals surface area (Å²) in [6.07, 6.45) is 2.37. The van der Waals surface area contributed by atoms with Gasteiger partial charge in [0, 0.05) is 11.5 Å². The van der Waals surface area contributed by atoms with Gasteiger partial charge in [0.15, 0.2) is 0 Å². The molecule has 5 heteroatoms. The van der Waals surface area contributed by atoms with E-state index in [1.165, 1.54) is 0 Å². The first-order chi connectivity index (χ1) is 11.8. The summed E-state index contributed by atoms with van der Waals surface area (Å²) in [6, 6.07) is 5.58. The monoisotopic (exact) mass is 349 g/mol. The zero-order valence-electron chi connectivity index (χ0n) is 15.6. The highest BCUT2D eigenvalue weighted by Gasteiger charge is 2.32. The second-order valence-corrected chi connectivity index (χ2v) is 7.28. The van der Waals surface area contributed by atoms with Crippen molar-refractivity contribution in [2.75, 3.05) is 26.2 Å². The molecule has 0 saturated carbocycles. The molecule has 0 bridgehead atoms. The van der Waals surface area contributed by atoms with Gasteiger partial charge in [-0.1, -0.05) is 26.0 Å². The summed E-state index contributed by atoms with van der Waals surface area (Å²) in [6.45, 7) is 9.84. The van der Waals surface area contributed by atoms with E-state index in [0.717, 1.165) is 49.4 Å². The molecule has 0 radical (unpaired) electrons. The van der Waals surface area contributed by atoms with Gasteiger partial charge >= 0.3 is 5.97 Å². The molecule has 2 unspecified atom stereocenters.